The second kappa shape index (κ2) is 10.9. The van der Waals surface area contributed by atoms with E-state index in [9.17, 15) is 39.7 Å². The highest BCUT2D eigenvalue weighted by atomic mass is 32.2. The molecule has 0 heterocycles. The van der Waals surface area contributed by atoms with Crippen molar-refractivity contribution in [1.82, 2.24) is 5.43 Å². The maximum atomic E-state index is 13.0. The third-order valence-electron chi connectivity index (χ3n) is 5.72. The number of azo groups is 1. The Morgan fingerprint density at radius 3 is 2.02 bits per heavy atom. The Morgan fingerprint density at radius 1 is 0.732 bits per heavy atom. The average Bonchev–Trinajstić information content (AvgIpc) is 2.90. The maximum Gasteiger partial charge on any atom is 0.294 e. The second-order valence-corrected chi connectivity index (χ2v) is 14.2. The van der Waals surface area contributed by atoms with Gasteiger partial charge < -0.3 is 5.11 Å². The lowest BCUT2D eigenvalue weighted by molar-refractivity contribution is 0.0960. The smallest absolute Gasteiger partial charge is 0.294 e. The first kappa shape index (κ1) is 29.6. The summed E-state index contributed by atoms with van der Waals surface area (Å²) in [5.41, 5.74) is 4.59. The fourth-order valence-electron chi connectivity index (χ4n) is 3.74. The Labute approximate surface area is 235 Å². The fourth-order valence-corrected chi connectivity index (χ4v) is 5.82. The largest absolute Gasteiger partial charge is 0.506 e. The van der Waals surface area contributed by atoms with Crippen molar-refractivity contribution >= 4 is 63.5 Å². The van der Waals surface area contributed by atoms with E-state index in [0.29, 0.717) is 5.39 Å². The van der Waals surface area contributed by atoms with E-state index in [1.54, 1.807) is 18.2 Å². The van der Waals surface area contributed by atoms with Gasteiger partial charge in [0.25, 0.3) is 16.0 Å². The van der Waals surface area contributed by atoms with Crippen molar-refractivity contribution < 1.29 is 39.7 Å². The number of carbonyl (C=O) groups excluding carboxylic acids is 1. The predicted molar refractivity (Wildman–Crippen MR) is 150 cm³/mol. The minimum atomic E-state index is -4.49. The van der Waals surface area contributed by atoms with Crippen LogP contribution in [0.2, 0.25) is 0 Å². The lowest BCUT2D eigenvalue weighted by Gasteiger charge is -2.13. The van der Waals surface area contributed by atoms with E-state index < -0.39 is 46.3 Å². The van der Waals surface area contributed by atoms with E-state index in [1.165, 1.54) is 36.4 Å². The van der Waals surface area contributed by atoms with Crippen molar-refractivity contribution in [3.05, 3.63) is 78.4 Å². The molecule has 0 saturated heterocycles. The molecule has 4 aromatic carbocycles. The predicted octanol–water partition coefficient (Wildman–Crippen LogP) is 3.77. The Hall–Kier alpha value is -4.38. The van der Waals surface area contributed by atoms with Crippen LogP contribution in [-0.4, -0.2) is 53.3 Å². The average molecular weight is 619 g/mol. The molecular weight excluding hydrogens is 596 g/mol. The Balaban J connectivity index is 1.74. The number of nitrogens with zero attached hydrogens (tertiary/aromatic N) is 2. The topological polar surface area (TPSA) is 209 Å². The van der Waals surface area contributed by atoms with Crippen LogP contribution in [0.5, 0.6) is 5.75 Å². The van der Waals surface area contributed by atoms with Crippen LogP contribution in [0, 0.1) is 0 Å². The fraction of sp³-hybridized carbons (Fsp3) is 0.0800. The summed E-state index contributed by atoms with van der Waals surface area (Å²) in [5.74, 6) is -1.25. The lowest BCUT2D eigenvalue weighted by Crippen LogP contribution is -2.29. The van der Waals surface area contributed by atoms with Crippen LogP contribution in [-0.2, 0) is 29.8 Å². The number of hydrazine groups is 1. The summed E-state index contributed by atoms with van der Waals surface area (Å²) < 4.78 is 80.6. The zero-order valence-electron chi connectivity index (χ0n) is 21.3. The molecule has 0 aliphatic rings. The molecule has 0 spiro atoms. The molecule has 0 aliphatic heterocycles. The number of anilines is 1. The molecule has 0 unspecified atom stereocenters. The van der Waals surface area contributed by atoms with Gasteiger partial charge in [-0.15, -0.1) is 10.2 Å². The highest BCUT2D eigenvalue weighted by Gasteiger charge is 2.20. The van der Waals surface area contributed by atoms with Crippen LogP contribution >= 0.6 is 0 Å². The van der Waals surface area contributed by atoms with Gasteiger partial charge in [0.2, 0.25) is 0 Å². The standard InChI is InChI=1S/C25H22N4O9S3/c1-39(32,33)16-10-11-21(23(13-16)40(2,34)35)27-28-22-14-20(24(30)19-9-4-3-8-18(19)22)25(31)29-26-15-6-5-7-17(12-15)41(36,37)38/h3-14,26,30H,1-2H3,(H,29,31)(H,36,37,38). The molecule has 0 saturated carbocycles. The zero-order chi connectivity index (χ0) is 30.2. The second-order valence-electron chi connectivity index (χ2n) is 8.79. The number of phenols is 1. The number of amides is 1. The number of phenolic OH excluding ortho intramolecular Hbond substituents is 1. The summed E-state index contributed by atoms with van der Waals surface area (Å²) in [6.07, 6.45) is 1.83. The highest BCUT2D eigenvalue weighted by molar-refractivity contribution is 7.91. The van der Waals surface area contributed by atoms with Gasteiger partial charge in [0, 0.05) is 23.3 Å². The van der Waals surface area contributed by atoms with E-state index >= 15 is 0 Å². The van der Waals surface area contributed by atoms with Gasteiger partial charge in [0.15, 0.2) is 19.7 Å². The Kier molecular flexibility index (Phi) is 7.86. The molecule has 214 valence electrons. The third-order valence-corrected chi connectivity index (χ3v) is 8.80. The molecule has 1 amide bonds. The van der Waals surface area contributed by atoms with Crippen LogP contribution < -0.4 is 10.9 Å². The lowest BCUT2D eigenvalue weighted by atomic mass is 10.0. The monoisotopic (exact) mass is 618 g/mol. The van der Waals surface area contributed by atoms with E-state index in [-0.39, 0.29) is 37.8 Å². The van der Waals surface area contributed by atoms with Gasteiger partial charge in [-0.25, -0.2) is 16.8 Å². The number of benzene rings is 4. The maximum absolute atomic E-state index is 13.0. The van der Waals surface area contributed by atoms with Crippen LogP contribution in [0.1, 0.15) is 10.4 Å². The van der Waals surface area contributed by atoms with E-state index in [1.807, 2.05) is 0 Å². The van der Waals surface area contributed by atoms with Crippen LogP contribution in [0.3, 0.4) is 0 Å². The molecule has 0 fully saturated rings. The number of hydrogen-bond acceptors (Lipinski definition) is 11. The van der Waals surface area contributed by atoms with Gasteiger partial charge in [-0.05, 0) is 42.5 Å². The van der Waals surface area contributed by atoms with Crippen LogP contribution in [0.4, 0.5) is 17.1 Å². The SMILES string of the molecule is CS(=O)(=O)c1ccc(N=Nc2cc(C(=O)NNc3cccc(S(=O)(=O)O)c3)c(O)c3ccccc23)c(S(C)(=O)=O)c1. The molecule has 41 heavy (non-hydrogen) atoms. The van der Waals surface area contributed by atoms with Gasteiger partial charge in [-0.1, -0.05) is 30.3 Å². The van der Waals surface area contributed by atoms with Crippen molar-refractivity contribution in [2.45, 2.75) is 14.7 Å². The van der Waals surface area contributed by atoms with Crippen LogP contribution in [0.25, 0.3) is 10.8 Å². The normalized spacial score (nSPS) is 12.5. The molecule has 16 heteroatoms. The molecule has 13 nitrogen and oxygen atoms in total. The molecular formula is C25H22N4O9S3. The first-order valence-electron chi connectivity index (χ1n) is 11.4. The summed E-state index contributed by atoms with van der Waals surface area (Å²) in [6, 6.07) is 15.9. The van der Waals surface area contributed by atoms with Crippen molar-refractivity contribution in [1.29, 1.82) is 0 Å². The van der Waals surface area contributed by atoms with Crippen molar-refractivity contribution in [3.63, 3.8) is 0 Å². The number of hydrogen-bond donors (Lipinski definition) is 4. The first-order chi connectivity index (χ1) is 19.1. The molecule has 0 bridgehead atoms. The molecule has 4 aromatic rings. The summed E-state index contributed by atoms with van der Waals surface area (Å²) in [7, 11) is -12.1. The quantitative estimate of drug-likeness (QED) is 0.128. The summed E-state index contributed by atoms with van der Waals surface area (Å²) in [6.45, 7) is 0. The van der Waals surface area contributed by atoms with Crippen molar-refractivity contribution in [3.8, 4) is 5.75 Å². The van der Waals surface area contributed by atoms with Crippen LogP contribution in [0.15, 0.2) is 97.7 Å². The van der Waals surface area contributed by atoms with Gasteiger partial charge in [0.1, 0.15) is 11.4 Å². The third kappa shape index (κ3) is 6.68. The van der Waals surface area contributed by atoms with E-state index in [4.69, 9.17) is 0 Å². The summed E-state index contributed by atoms with van der Waals surface area (Å²) >= 11 is 0. The van der Waals surface area contributed by atoms with Crippen molar-refractivity contribution in [2.24, 2.45) is 10.2 Å². The van der Waals surface area contributed by atoms with Gasteiger partial charge >= 0.3 is 0 Å². The Bertz CT molecular complexity index is 2060. The number of carbonyl (C=O) groups is 1. The summed E-state index contributed by atoms with van der Waals surface area (Å²) in [4.78, 5) is 12.0. The van der Waals surface area contributed by atoms with Gasteiger partial charge in [-0.3, -0.25) is 20.2 Å². The highest BCUT2D eigenvalue weighted by Crippen LogP contribution is 2.37. The molecule has 4 rings (SSSR count). The molecule has 0 aromatic heterocycles. The number of aromatic hydroxyl groups is 1. The van der Waals surface area contributed by atoms with Gasteiger partial charge in [-0.2, -0.15) is 8.42 Å². The summed E-state index contributed by atoms with van der Waals surface area (Å²) in [5, 5.41) is 19.5. The number of sulfone groups is 2. The zero-order valence-corrected chi connectivity index (χ0v) is 23.7. The van der Waals surface area contributed by atoms with Gasteiger partial charge in [0.05, 0.1) is 31.6 Å². The van der Waals surface area contributed by atoms with E-state index in [2.05, 4.69) is 21.1 Å². The molecule has 4 N–H and O–H groups in total. The van der Waals surface area contributed by atoms with Crippen molar-refractivity contribution in [2.75, 3.05) is 17.9 Å². The molecule has 0 atom stereocenters. The first-order valence-corrected chi connectivity index (χ1v) is 16.6. The Morgan fingerprint density at radius 2 is 1.39 bits per heavy atom. The number of fused-ring (bicyclic) bond motifs is 1. The number of nitrogens with one attached hydrogen (secondary N) is 2. The minimum Gasteiger partial charge on any atom is -0.506 e. The van der Waals surface area contributed by atoms with E-state index in [0.717, 1.165) is 30.7 Å². The number of rotatable bonds is 8. The molecule has 0 radical (unpaired) electrons. The minimum absolute atomic E-state index is 0.0727. The molecule has 0 aliphatic carbocycles.